The summed E-state index contributed by atoms with van der Waals surface area (Å²) < 4.78 is 11.7. The number of rotatable bonds is 0. The molecule has 4 heteroatoms. The zero-order chi connectivity index (χ0) is 8.55. The van der Waals surface area contributed by atoms with Crippen LogP contribution in [0.25, 0.3) is 0 Å². The fraction of sp³-hybridized carbons (Fsp3) is 0.250. The quantitative estimate of drug-likeness (QED) is 0.710. The van der Waals surface area contributed by atoms with E-state index in [1.807, 2.05) is 12.1 Å². The topological polar surface area (TPSA) is 18.5 Å². The molecule has 0 fully saturated rings. The summed E-state index contributed by atoms with van der Waals surface area (Å²) in [5.41, 5.74) is 0. The first-order valence-electron chi connectivity index (χ1n) is 3.55. The van der Waals surface area contributed by atoms with E-state index in [1.165, 1.54) is 0 Å². The van der Waals surface area contributed by atoms with Crippen LogP contribution < -0.4 is 9.47 Å². The van der Waals surface area contributed by atoms with E-state index in [-0.39, 0.29) is 0 Å². The fourth-order valence-electron chi connectivity index (χ4n) is 1.05. The molecule has 1 heterocycles. The molecule has 1 aromatic rings. The van der Waals surface area contributed by atoms with Gasteiger partial charge in [-0.3, -0.25) is 0 Å². The van der Waals surface area contributed by atoms with Gasteiger partial charge < -0.3 is 9.47 Å². The molecule has 1 aliphatic rings. The average Bonchev–Trinajstić information content (AvgIpc) is 2.07. The summed E-state index contributed by atoms with van der Waals surface area (Å²) in [7, 11) is 0. The van der Waals surface area contributed by atoms with Gasteiger partial charge in [0, 0.05) is 9.37 Å². The molecule has 0 N–H and O–H groups in total. The van der Waals surface area contributed by atoms with Crippen molar-refractivity contribution in [2.75, 3.05) is 13.2 Å². The summed E-state index contributed by atoms with van der Waals surface area (Å²) in [5, 5.41) is 0. The molecule has 2 rings (SSSR count). The van der Waals surface area contributed by atoms with E-state index in [1.54, 1.807) is 0 Å². The third kappa shape index (κ3) is 1.41. The zero-order valence-corrected chi connectivity index (χ0v) is 8.69. The molecule has 0 aromatic heterocycles. The highest BCUT2D eigenvalue weighted by molar-refractivity contribution is 9.10. The summed E-state index contributed by atoms with van der Waals surface area (Å²) in [6.45, 7) is 1.23. The van der Waals surface area contributed by atoms with Crippen LogP contribution in [0, 0.1) is 0 Å². The molecular weight excluding hydrogens is 240 g/mol. The van der Waals surface area contributed by atoms with Crippen LogP contribution in [-0.4, -0.2) is 13.2 Å². The van der Waals surface area contributed by atoms with Crippen LogP contribution >= 0.6 is 28.6 Å². The minimum absolute atomic E-state index is 0.613. The molecule has 0 amide bonds. The number of ether oxygens (including phenoxy) is 2. The molecule has 1 aromatic carbocycles. The van der Waals surface area contributed by atoms with E-state index in [2.05, 4.69) is 28.6 Å². The Morgan fingerprint density at radius 1 is 1.17 bits per heavy atom. The molecule has 0 saturated heterocycles. The van der Waals surface area contributed by atoms with Crippen LogP contribution in [0.15, 0.2) is 21.5 Å². The highest BCUT2D eigenvalue weighted by Crippen LogP contribution is 2.36. The molecule has 12 heavy (non-hydrogen) atoms. The third-order valence-corrected chi connectivity index (χ3v) is 2.94. The van der Waals surface area contributed by atoms with Gasteiger partial charge in [0.15, 0.2) is 11.5 Å². The Balaban J connectivity index is 2.49. The lowest BCUT2D eigenvalue weighted by atomic mass is 10.3. The first-order chi connectivity index (χ1) is 5.77. The van der Waals surface area contributed by atoms with Gasteiger partial charge in [0.1, 0.15) is 13.2 Å². The van der Waals surface area contributed by atoms with Crippen molar-refractivity contribution in [3.8, 4) is 11.5 Å². The third-order valence-electron chi connectivity index (χ3n) is 1.61. The summed E-state index contributed by atoms with van der Waals surface area (Å²) in [5.74, 6) is 1.56. The van der Waals surface area contributed by atoms with Crippen LogP contribution in [0.5, 0.6) is 11.5 Å². The Bertz CT molecular complexity index is 283. The number of hydrogen-bond donors (Lipinski definition) is 1. The highest BCUT2D eigenvalue weighted by atomic mass is 79.9. The van der Waals surface area contributed by atoms with E-state index in [4.69, 9.17) is 9.47 Å². The predicted molar refractivity (Wildman–Crippen MR) is 52.4 cm³/mol. The molecule has 0 spiro atoms. The lowest BCUT2D eigenvalue weighted by molar-refractivity contribution is 0.171. The molecule has 0 radical (unpaired) electrons. The van der Waals surface area contributed by atoms with Crippen molar-refractivity contribution in [1.29, 1.82) is 0 Å². The molecule has 0 saturated carbocycles. The van der Waals surface area contributed by atoms with Crippen LogP contribution in [-0.2, 0) is 0 Å². The maximum Gasteiger partial charge on any atom is 0.162 e. The highest BCUT2D eigenvalue weighted by Gasteiger charge is 2.12. The summed E-state index contributed by atoms with van der Waals surface area (Å²) in [4.78, 5) is 0.860. The first-order valence-corrected chi connectivity index (χ1v) is 4.79. The van der Waals surface area contributed by atoms with Crippen molar-refractivity contribution in [3.05, 3.63) is 16.6 Å². The lowest BCUT2D eigenvalue weighted by Crippen LogP contribution is -2.15. The van der Waals surface area contributed by atoms with E-state index in [0.717, 1.165) is 20.9 Å². The lowest BCUT2D eigenvalue weighted by Gasteiger charge is -2.18. The predicted octanol–water partition coefficient (Wildman–Crippen LogP) is 2.51. The SMILES string of the molecule is Sc1cc2c(cc1Br)OCCO2. The summed E-state index contributed by atoms with van der Waals surface area (Å²) in [6.07, 6.45) is 0. The monoisotopic (exact) mass is 246 g/mol. The van der Waals surface area contributed by atoms with Gasteiger partial charge in [-0.25, -0.2) is 0 Å². The second kappa shape index (κ2) is 3.18. The number of fused-ring (bicyclic) bond motifs is 1. The van der Waals surface area contributed by atoms with Crippen LogP contribution in [0.1, 0.15) is 0 Å². The molecule has 0 bridgehead atoms. The van der Waals surface area contributed by atoms with Crippen LogP contribution in [0.2, 0.25) is 0 Å². The molecule has 2 nitrogen and oxygen atoms in total. The second-order valence-corrected chi connectivity index (χ2v) is 3.78. The van der Waals surface area contributed by atoms with Crippen molar-refractivity contribution in [1.82, 2.24) is 0 Å². The van der Waals surface area contributed by atoms with Gasteiger partial charge in [-0.15, -0.1) is 12.6 Å². The van der Waals surface area contributed by atoms with Gasteiger partial charge in [0.25, 0.3) is 0 Å². The molecule has 0 aliphatic carbocycles. The normalized spacial score (nSPS) is 14.5. The van der Waals surface area contributed by atoms with Crippen molar-refractivity contribution in [3.63, 3.8) is 0 Å². The van der Waals surface area contributed by atoms with E-state index >= 15 is 0 Å². The molecule has 0 unspecified atom stereocenters. The Hall–Kier alpha value is -0.350. The van der Waals surface area contributed by atoms with Crippen molar-refractivity contribution in [2.45, 2.75) is 4.90 Å². The van der Waals surface area contributed by atoms with E-state index in [9.17, 15) is 0 Å². The largest absolute Gasteiger partial charge is 0.486 e. The molecule has 64 valence electrons. The second-order valence-electron chi connectivity index (χ2n) is 2.45. The van der Waals surface area contributed by atoms with Gasteiger partial charge in [-0.2, -0.15) is 0 Å². The van der Waals surface area contributed by atoms with Gasteiger partial charge >= 0.3 is 0 Å². The van der Waals surface area contributed by atoms with E-state index in [0.29, 0.717) is 13.2 Å². The fourth-order valence-corrected chi connectivity index (χ4v) is 1.56. The van der Waals surface area contributed by atoms with Crippen LogP contribution in [0.3, 0.4) is 0 Å². The number of benzene rings is 1. The number of hydrogen-bond acceptors (Lipinski definition) is 3. The van der Waals surface area contributed by atoms with Gasteiger partial charge in [0.05, 0.1) is 0 Å². The molecule has 0 atom stereocenters. The Kier molecular flexibility index (Phi) is 2.19. The van der Waals surface area contributed by atoms with Gasteiger partial charge in [-0.1, -0.05) is 0 Å². The Morgan fingerprint density at radius 2 is 1.75 bits per heavy atom. The van der Waals surface area contributed by atoms with Gasteiger partial charge in [0.2, 0.25) is 0 Å². The molecular formula is C8H7BrO2S. The summed E-state index contributed by atoms with van der Waals surface area (Å²) >= 11 is 7.61. The summed E-state index contributed by atoms with van der Waals surface area (Å²) in [6, 6.07) is 3.72. The smallest absolute Gasteiger partial charge is 0.162 e. The number of thiol groups is 1. The van der Waals surface area contributed by atoms with Gasteiger partial charge in [-0.05, 0) is 28.1 Å². The number of halogens is 1. The van der Waals surface area contributed by atoms with Crippen molar-refractivity contribution < 1.29 is 9.47 Å². The van der Waals surface area contributed by atoms with Crippen molar-refractivity contribution in [2.24, 2.45) is 0 Å². The van der Waals surface area contributed by atoms with Crippen molar-refractivity contribution >= 4 is 28.6 Å². The van der Waals surface area contributed by atoms with Crippen LogP contribution in [0.4, 0.5) is 0 Å². The first kappa shape index (κ1) is 8.26. The maximum absolute atomic E-state index is 5.37. The maximum atomic E-state index is 5.37. The standard InChI is InChI=1S/C8H7BrO2S/c9-5-3-6-7(4-8(5)12)11-2-1-10-6/h3-4,12H,1-2H2. The minimum atomic E-state index is 0.613. The average molecular weight is 247 g/mol. The Morgan fingerprint density at radius 3 is 2.42 bits per heavy atom. The van der Waals surface area contributed by atoms with E-state index < -0.39 is 0 Å². The Labute approximate surface area is 84.4 Å². The minimum Gasteiger partial charge on any atom is -0.486 e. The molecule has 1 aliphatic heterocycles. The zero-order valence-electron chi connectivity index (χ0n) is 6.21.